The molecule has 186 valence electrons. The second-order valence-electron chi connectivity index (χ2n) is 9.16. The summed E-state index contributed by atoms with van der Waals surface area (Å²) in [6.07, 6.45) is 1.50. The number of fused-ring (bicyclic) bond motifs is 3. The van der Waals surface area contributed by atoms with Gasteiger partial charge in [0.1, 0.15) is 12.6 Å². The van der Waals surface area contributed by atoms with Crippen LogP contribution in [-0.4, -0.2) is 53.7 Å². The van der Waals surface area contributed by atoms with Gasteiger partial charge in [0, 0.05) is 19.0 Å². The lowest BCUT2D eigenvalue weighted by Gasteiger charge is -2.28. The van der Waals surface area contributed by atoms with Crippen molar-refractivity contribution in [3.63, 3.8) is 0 Å². The summed E-state index contributed by atoms with van der Waals surface area (Å²) in [6, 6.07) is 15.3. The summed E-state index contributed by atoms with van der Waals surface area (Å²) in [6.45, 7) is 7.74. The van der Waals surface area contributed by atoms with Crippen LogP contribution in [0.1, 0.15) is 51.2 Å². The maximum Gasteiger partial charge on any atom is 0.407 e. The first-order valence-electron chi connectivity index (χ1n) is 12.0. The van der Waals surface area contributed by atoms with E-state index in [2.05, 4.69) is 17.4 Å². The largest absolute Gasteiger partial charge is 0.481 e. The van der Waals surface area contributed by atoms with Crippen LogP contribution in [0.25, 0.3) is 11.1 Å². The van der Waals surface area contributed by atoms with E-state index in [0.29, 0.717) is 13.0 Å². The average Bonchev–Trinajstić information content (AvgIpc) is 3.16. The molecule has 2 N–H and O–H groups in total. The molecule has 7 heteroatoms. The molecule has 7 nitrogen and oxygen atoms in total. The van der Waals surface area contributed by atoms with Crippen LogP contribution < -0.4 is 5.32 Å². The first-order valence-corrected chi connectivity index (χ1v) is 12.0. The minimum absolute atomic E-state index is 0.0718. The molecule has 0 saturated carbocycles. The Morgan fingerprint density at radius 1 is 1.06 bits per heavy atom. The van der Waals surface area contributed by atoms with Gasteiger partial charge in [-0.05, 0) is 49.4 Å². The molecule has 0 radical (unpaired) electrons. The van der Waals surface area contributed by atoms with Gasteiger partial charge < -0.3 is 20.1 Å². The van der Waals surface area contributed by atoms with E-state index in [0.717, 1.165) is 27.8 Å². The molecule has 0 heterocycles. The van der Waals surface area contributed by atoms with Crippen LogP contribution in [0, 0.1) is 5.92 Å². The Hall–Kier alpha value is -3.61. The number of rotatable bonds is 10. The lowest BCUT2D eigenvalue weighted by atomic mass is 9.98. The van der Waals surface area contributed by atoms with E-state index >= 15 is 0 Å². The minimum Gasteiger partial charge on any atom is -0.481 e. The molecule has 2 amide bonds. The summed E-state index contributed by atoms with van der Waals surface area (Å²) in [5, 5.41) is 12.0. The van der Waals surface area contributed by atoms with E-state index in [1.807, 2.05) is 56.3 Å². The van der Waals surface area contributed by atoms with E-state index < -0.39 is 24.0 Å². The van der Waals surface area contributed by atoms with E-state index in [4.69, 9.17) is 4.74 Å². The van der Waals surface area contributed by atoms with Gasteiger partial charge in [-0.1, -0.05) is 67.1 Å². The Kier molecular flexibility index (Phi) is 8.68. The van der Waals surface area contributed by atoms with Crippen molar-refractivity contribution in [2.45, 2.75) is 46.1 Å². The Morgan fingerprint density at radius 2 is 1.63 bits per heavy atom. The van der Waals surface area contributed by atoms with Crippen LogP contribution in [-0.2, 0) is 14.3 Å². The monoisotopic (exact) mass is 478 g/mol. The van der Waals surface area contributed by atoms with Crippen LogP contribution in [0.5, 0.6) is 0 Å². The Bertz CT molecular complexity index is 1060. The Labute approximate surface area is 206 Å². The number of amides is 2. The number of alkyl carbamates (subject to hydrolysis) is 1. The number of carbonyl (C=O) groups is 3. The van der Waals surface area contributed by atoms with E-state index in [1.54, 1.807) is 13.8 Å². The standard InChI is InChI=1S/C28H34N2O5/c1-5-30(16-19(4)27(32)33)26(31)25(15-14-18(2)3)29-28(34)35-17-24-22-12-8-6-10-20(22)21-11-7-9-13-23(21)24/h6-14,19,24-25H,5,15-17H2,1-4H3,(H,29,34)(H,32,33). The third-order valence-electron chi connectivity index (χ3n) is 6.30. The molecule has 0 saturated heterocycles. The number of nitrogens with zero attached hydrogens (tertiary/aromatic N) is 1. The predicted molar refractivity (Wildman–Crippen MR) is 135 cm³/mol. The van der Waals surface area contributed by atoms with Gasteiger partial charge in [-0.2, -0.15) is 0 Å². The summed E-state index contributed by atoms with van der Waals surface area (Å²) in [5.74, 6) is -2.09. The second kappa shape index (κ2) is 11.7. The SMILES string of the molecule is CCN(CC(C)C(=O)O)C(=O)C(CC=C(C)C)NC(=O)OCC1c2ccccc2-c2ccccc21. The van der Waals surface area contributed by atoms with Gasteiger partial charge in [-0.3, -0.25) is 9.59 Å². The molecule has 0 aromatic heterocycles. The van der Waals surface area contributed by atoms with Crippen molar-refractivity contribution in [1.29, 1.82) is 0 Å². The van der Waals surface area contributed by atoms with Crippen molar-refractivity contribution in [3.8, 4) is 11.1 Å². The van der Waals surface area contributed by atoms with Crippen LogP contribution in [0.2, 0.25) is 0 Å². The fourth-order valence-electron chi connectivity index (χ4n) is 4.36. The number of hydrogen-bond acceptors (Lipinski definition) is 4. The first-order chi connectivity index (χ1) is 16.7. The summed E-state index contributed by atoms with van der Waals surface area (Å²) in [7, 11) is 0. The molecule has 2 aromatic carbocycles. The number of nitrogens with one attached hydrogen (secondary N) is 1. The molecule has 2 unspecified atom stereocenters. The maximum atomic E-state index is 13.2. The number of ether oxygens (including phenoxy) is 1. The van der Waals surface area contributed by atoms with Crippen molar-refractivity contribution in [1.82, 2.24) is 10.2 Å². The van der Waals surface area contributed by atoms with E-state index in [-0.39, 0.29) is 25.0 Å². The average molecular weight is 479 g/mol. The quantitative estimate of drug-likeness (QED) is 0.478. The molecule has 1 aliphatic rings. The zero-order valence-electron chi connectivity index (χ0n) is 20.8. The molecular weight excluding hydrogens is 444 g/mol. The zero-order chi connectivity index (χ0) is 25.5. The van der Waals surface area contributed by atoms with Crippen molar-refractivity contribution in [3.05, 3.63) is 71.3 Å². The van der Waals surface area contributed by atoms with Crippen molar-refractivity contribution >= 4 is 18.0 Å². The molecule has 1 aliphatic carbocycles. The third-order valence-corrected chi connectivity index (χ3v) is 6.30. The summed E-state index contributed by atoms with van der Waals surface area (Å²) < 4.78 is 5.62. The molecule has 3 rings (SSSR count). The maximum absolute atomic E-state index is 13.2. The van der Waals surface area contributed by atoms with Gasteiger partial charge in [0.2, 0.25) is 5.91 Å². The summed E-state index contributed by atoms with van der Waals surface area (Å²) >= 11 is 0. The molecular formula is C28H34N2O5. The molecule has 0 fully saturated rings. The highest BCUT2D eigenvalue weighted by atomic mass is 16.5. The second-order valence-corrected chi connectivity index (χ2v) is 9.16. The summed E-state index contributed by atoms with van der Waals surface area (Å²) in [4.78, 5) is 38.8. The van der Waals surface area contributed by atoms with Crippen LogP contribution in [0.4, 0.5) is 4.79 Å². The number of carboxylic acids is 1. The van der Waals surface area contributed by atoms with Gasteiger partial charge >= 0.3 is 12.1 Å². The van der Waals surface area contributed by atoms with Gasteiger partial charge in [-0.25, -0.2) is 4.79 Å². The number of hydrogen-bond donors (Lipinski definition) is 2. The van der Waals surface area contributed by atoms with Gasteiger partial charge in [0.15, 0.2) is 0 Å². The molecule has 2 aromatic rings. The zero-order valence-corrected chi connectivity index (χ0v) is 20.8. The number of likely N-dealkylation sites (N-methyl/N-ethyl adjacent to an activating group) is 1. The normalized spacial score (nSPS) is 13.7. The van der Waals surface area contributed by atoms with E-state index in [9.17, 15) is 19.5 Å². The predicted octanol–water partition coefficient (Wildman–Crippen LogP) is 4.82. The van der Waals surface area contributed by atoms with Crippen molar-refractivity contribution in [2.24, 2.45) is 5.92 Å². The van der Waals surface area contributed by atoms with Crippen LogP contribution in [0.3, 0.4) is 0 Å². The highest BCUT2D eigenvalue weighted by molar-refractivity contribution is 5.86. The fourth-order valence-corrected chi connectivity index (χ4v) is 4.36. The topological polar surface area (TPSA) is 95.9 Å². The molecule has 0 bridgehead atoms. The number of carbonyl (C=O) groups excluding carboxylic acids is 2. The molecule has 2 atom stereocenters. The first kappa shape index (κ1) is 26.0. The number of allylic oxidation sites excluding steroid dienone is 1. The van der Waals surface area contributed by atoms with Gasteiger partial charge in [0.05, 0.1) is 5.92 Å². The lowest BCUT2D eigenvalue weighted by molar-refractivity contribution is -0.143. The van der Waals surface area contributed by atoms with Crippen LogP contribution >= 0.6 is 0 Å². The van der Waals surface area contributed by atoms with Crippen molar-refractivity contribution < 1.29 is 24.2 Å². The smallest absolute Gasteiger partial charge is 0.407 e. The molecule has 35 heavy (non-hydrogen) atoms. The molecule has 0 aliphatic heterocycles. The minimum atomic E-state index is -0.971. The highest BCUT2D eigenvalue weighted by Crippen LogP contribution is 2.44. The Balaban J connectivity index is 1.71. The fraction of sp³-hybridized carbons (Fsp3) is 0.393. The van der Waals surface area contributed by atoms with Crippen molar-refractivity contribution in [2.75, 3.05) is 19.7 Å². The lowest BCUT2D eigenvalue weighted by Crippen LogP contribution is -2.50. The number of carboxylic acid groups (broad SMARTS) is 1. The highest BCUT2D eigenvalue weighted by Gasteiger charge is 2.31. The van der Waals surface area contributed by atoms with E-state index in [1.165, 1.54) is 4.90 Å². The van der Waals surface area contributed by atoms with Gasteiger partial charge in [0.25, 0.3) is 0 Å². The summed E-state index contributed by atoms with van der Waals surface area (Å²) in [5.41, 5.74) is 5.51. The molecule has 0 spiro atoms. The Morgan fingerprint density at radius 3 is 2.14 bits per heavy atom. The third kappa shape index (κ3) is 6.29. The number of aliphatic carboxylic acids is 1. The number of benzene rings is 2. The van der Waals surface area contributed by atoms with Crippen LogP contribution in [0.15, 0.2) is 60.2 Å². The van der Waals surface area contributed by atoms with Gasteiger partial charge in [-0.15, -0.1) is 0 Å².